The van der Waals surface area contributed by atoms with Crippen LogP contribution in [0.15, 0.2) is 0 Å². The highest BCUT2D eigenvalue weighted by Gasteiger charge is 2.48. The lowest BCUT2D eigenvalue weighted by Crippen LogP contribution is -2.61. The van der Waals surface area contributed by atoms with Gasteiger partial charge in [0.05, 0.1) is 0 Å². The molecule has 0 amide bonds. The second-order valence-corrected chi connectivity index (χ2v) is 5.03. The summed E-state index contributed by atoms with van der Waals surface area (Å²) in [6.45, 7) is 6.78. The minimum Gasteiger partial charge on any atom is -0.316 e. The Labute approximate surface area is 74.3 Å². The average Bonchev–Trinajstić information content (AvgIpc) is 1.76. The summed E-state index contributed by atoms with van der Waals surface area (Å²) in [6.07, 6.45) is 4.46. The van der Waals surface area contributed by atoms with Gasteiger partial charge in [0.25, 0.3) is 0 Å². The molecule has 0 aromatic heterocycles. The van der Waals surface area contributed by atoms with E-state index in [2.05, 4.69) is 10.2 Å². The molecule has 68 valence electrons. The summed E-state index contributed by atoms with van der Waals surface area (Å²) in [6, 6.07) is 0. The third-order valence-electron chi connectivity index (χ3n) is 3.91. The zero-order chi connectivity index (χ0) is 8.02. The summed E-state index contributed by atoms with van der Waals surface area (Å²) in [5.74, 6) is 1.05. The number of hydrogen-bond donors (Lipinski definition) is 1. The Kier molecular flexibility index (Phi) is 1.50. The van der Waals surface area contributed by atoms with Crippen LogP contribution in [0.25, 0.3) is 0 Å². The summed E-state index contributed by atoms with van der Waals surface area (Å²) in [4.78, 5) is 2.61. The summed E-state index contributed by atoms with van der Waals surface area (Å²) in [5, 5.41) is 3.39. The molecule has 2 heteroatoms. The smallest absolute Gasteiger partial charge is 0.00204 e. The van der Waals surface area contributed by atoms with Gasteiger partial charge in [0, 0.05) is 19.6 Å². The third-order valence-corrected chi connectivity index (χ3v) is 3.91. The van der Waals surface area contributed by atoms with Crippen molar-refractivity contribution in [3.8, 4) is 0 Å². The summed E-state index contributed by atoms with van der Waals surface area (Å²) in [7, 11) is 0. The topological polar surface area (TPSA) is 15.3 Å². The van der Waals surface area contributed by atoms with E-state index < -0.39 is 0 Å². The lowest BCUT2D eigenvalue weighted by atomic mass is 9.58. The molecule has 1 spiro atoms. The number of likely N-dealkylation sites (tertiary alicyclic amines) is 1. The normalized spacial score (nSPS) is 34.0. The zero-order valence-electron chi connectivity index (χ0n) is 7.68. The number of hydrogen-bond acceptors (Lipinski definition) is 2. The lowest BCUT2D eigenvalue weighted by Gasteiger charge is -2.56. The van der Waals surface area contributed by atoms with Gasteiger partial charge in [-0.1, -0.05) is 0 Å². The molecule has 2 heterocycles. The molecule has 1 saturated carbocycles. The standard InChI is InChI=1S/C10H18N2/c1-2-12(3-1)6-9-4-10(5-9)7-11-8-10/h9,11H,1-8H2. The number of rotatable bonds is 2. The highest BCUT2D eigenvalue weighted by atomic mass is 15.2. The van der Waals surface area contributed by atoms with Crippen molar-refractivity contribution in [2.24, 2.45) is 11.3 Å². The van der Waals surface area contributed by atoms with Crippen LogP contribution in [0.5, 0.6) is 0 Å². The van der Waals surface area contributed by atoms with Gasteiger partial charge in [0.15, 0.2) is 0 Å². The monoisotopic (exact) mass is 166 g/mol. The van der Waals surface area contributed by atoms with E-state index >= 15 is 0 Å². The highest BCUT2D eigenvalue weighted by Crippen LogP contribution is 2.48. The van der Waals surface area contributed by atoms with Crippen LogP contribution in [-0.4, -0.2) is 37.6 Å². The maximum absolute atomic E-state index is 3.39. The molecule has 0 aromatic rings. The van der Waals surface area contributed by atoms with E-state index in [0.29, 0.717) is 0 Å². The minimum atomic E-state index is 0.787. The van der Waals surface area contributed by atoms with Crippen molar-refractivity contribution in [2.45, 2.75) is 19.3 Å². The predicted molar refractivity (Wildman–Crippen MR) is 49.1 cm³/mol. The second-order valence-electron chi connectivity index (χ2n) is 5.03. The van der Waals surface area contributed by atoms with Crippen molar-refractivity contribution in [1.82, 2.24) is 10.2 Å². The molecule has 1 aliphatic carbocycles. The van der Waals surface area contributed by atoms with Crippen molar-refractivity contribution in [3.63, 3.8) is 0 Å². The Morgan fingerprint density at radius 1 is 1.25 bits per heavy atom. The van der Waals surface area contributed by atoms with Crippen LogP contribution in [0.4, 0.5) is 0 Å². The molecular formula is C10H18N2. The first-order chi connectivity index (χ1) is 5.86. The third kappa shape index (κ3) is 1.01. The molecule has 0 radical (unpaired) electrons. The Morgan fingerprint density at radius 3 is 2.42 bits per heavy atom. The molecule has 0 aromatic carbocycles. The van der Waals surface area contributed by atoms with Crippen molar-refractivity contribution in [1.29, 1.82) is 0 Å². The van der Waals surface area contributed by atoms with Crippen LogP contribution >= 0.6 is 0 Å². The van der Waals surface area contributed by atoms with Crippen molar-refractivity contribution < 1.29 is 0 Å². The van der Waals surface area contributed by atoms with E-state index in [-0.39, 0.29) is 0 Å². The molecule has 1 N–H and O–H groups in total. The minimum absolute atomic E-state index is 0.787. The van der Waals surface area contributed by atoms with Crippen LogP contribution in [0.2, 0.25) is 0 Å². The van der Waals surface area contributed by atoms with Gasteiger partial charge in [0.1, 0.15) is 0 Å². The maximum Gasteiger partial charge on any atom is 0.00204 e. The highest BCUT2D eigenvalue weighted by molar-refractivity contribution is 5.03. The van der Waals surface area contributed by atoms with E-state index in [0.717, 1.165) is 11.3 Å². The van der Waals surface area contributed by atoms with Gasteiger partial charge in [0.2, 0.25) is 0 Å². The average molecular weight is 166 g/mol. The Morgan fingerprint density at radius 2 is 2.00 bits per heavy atom. The largest absolute Gasteiger partial charge is 0.316 e. The van der Waals surface area contributed by atoms with Crippen LogP contribution in [0.1, 0.15) is 19.3 Å². The van der Waals surface area contributed by atoms with Crippen LogP contribution in [-0.2, 0) is 0 Å². The van der Waals surface area contributed by atoms with E-state index in [4.69, 9.17) is 0 Å². The SMILES string of the molecule is C1CN(CC2CC3(CNC3)C2)C1. The quantitative estimate of drug-likeness (QED) is 0.649. The fraction of sp³-hybridized carbons (Fsp3) is 1.00. The van der Waals surface area contributed by atoms with Gasteiger partial charge in [-0.15, -0.1) is 0 Å². The molecule has 0 unspecified atom stereocenters. The van der Waals surface area contributed by atoms with E-state index in [1.165, 1.54) is 52.0 Å². The molecule has 3 aliphatic rings. The maximum atomic E-state index is 3.39. The van der Waals surface area contributed by atoms with Gasteiger partial charge in [-0.25, -0.2) is 0 Å². The molecule has 2 saturated heterocycles. The molecule has 0 bridgehead atoms. The first-order valence-corrected chi connectivity index (χ1v) is 5.29. The predicted octanol–water partition coefficient (Wildman–Crippen LogP) is 0.692. The van der Waals surface area contributed by atoms with Crippen LogP contribution < -0.4 is 5.32 Å². The van der Waals surface area contributed by atoms with Crippen LogP contribution in [0.3, 0.4) is 0 Å². The van der Waals surface area contributed by atoms with E-state index in [1.807, 2.05) is 0 Å². The van der Waals surface area contributed by atoms with Crippen LogP contribution in [0, 0.1) is 11.3 Å². The molecule has 12 heavy (non-hydrogen) atoms. The molecule has 0 atom stereocenters. The zero-order valence-corrected chi connectivity index (χ0v) is 7.68. The lowest BCUT2D eigenvalue weighted by molar-refractivity contribution is -0.0239. The Hall–Kier alpha value is -0.0800. The Bertz CT molecular complexity index is 172. The van der Waals surface area contributed by atoms with E-state index in [9.17, 15) is 0 Å². The molecule has 3 rings (SSSR count). The summed E-state index contributed by atoms with van der Waals surface area (Å²) < 4.78 is 0. The van der Waals surface area contributed by atoms with E-state index in [1.54, 1.807) is 0 Å². The van der Waals surface area contributed by atoms with Crippen molar-refractivity contribution in [3.05, 3.63) is 0 Å². The summed E-state index contributed by atoms with van der Waals surface area (Å²) in [5.41, 5.74) is 0.787. The van der Waals surface area contributed by atoms with Gasteiger partial charge in [-0.3, -0.25) is 0 Å². The van der Waals surface area contributed by atoms with Gasteiger partial charge >= 0.3 is 0 Å². The fourth-order valence-corrected chi connectivity index (χ4v) is 2.99. The molecular weight excluding hydrogens is 148 g/mol. The van der Waals surface area contributed by atoms with Gasteiger partial charge in [-0.2, -0.15) is 0 Å². The number of nitrogens with one attached hydrogen (secondary N) is 1. The fourth-order valence-electron chi connectivity index (χ4n) is 2.99. The molecule has 2 aliphatic heterocycles. The molecule has 2 nitrogen and oxygen atoms in total. The number of nitrogens with zero attached hydrogens (tertiary/aromatic N) is 1. The second kappa shape index (κ2) is 2.46. The van der Waals surface area contributed by atoms with Crippen molar-refractivity contribution >= 4 is 0 Å². The Balaban J connectivity index is 1.43. The summed E-state index contributed by atoms with van der Waals surface area (Å²) >= 11 is 0. The van der Waals surface area contributed by atoms with Gasteiger partial charge in [-0.05, 0) is 43.7 Å². The first kappa shape index (κ1) is 7.34. The van der Waals surface area contributed by atoms with Crippen molar-refractivity contribution in [2.75, 3.05) is 32.7 Å². The first-order valence-electron chi connectivity index (χ1n) is 5.29. The van der Waals surface area contributed by atoms with Gasteiger partial charge < -0.3 is 10.2 Å². The molecule has 3 fully saturated rings.